The highest BCUT2D eigenvalue weighted by atomic mass is 19.1. The minimum atomic E-state index is -0.929. The molecule has 1 aromatic heterocycles. The molecule has 0 aliphatic carbocycles. The number of nitrogens with zero attached hydrogens (tertiary/aromatic N) is 2. The molecule has 2 aromatic rings. The van der Waals surface area contributed by atoms with E-state index in [1.54, 1.807) is 4.90 Å². The Balaban J connectivity index is 1.64. The number of hydrogen-bond acceptors (Lipinski definition) is 4. The second kappa shape index (κ2) is 8.95. The third-order valence-electron chi connectivity index (χ3n) is 4.65. The van der Waals surface area contributed by atoms with Gasteiger partial charge < -0.3 is 20.4 Å². The molecule has 1 atom stereocenters. The third-order valence-corrected chi connectivity index (χ3v) is 4.65. The van der Waals surface area contributed by atoms with E-state index in [0.717, 1.165) is 16.8 Å². The van der Waals surface area contributed by atoms with Crippen molar-refractivity contribution in [3.63, 3.8) is 0 Å². The van der Waals surface area contributed by atoms with Gasteiger partial charge in [0.2, 0.25) is 0 Å². The number of carbonyl (C=O) groups excluding carboxylic acids is 1. The molecule has 0 fully saturated rings. The number of hydrogen-bond donors (Lipinski definition) is 3. The van der Waals surface area contributed by atoms with Gasteiger partial charge in [-0.05, 0) is 48.2 Å². The average Bonchev–Trinajstić information content (AvgIpc) is 2.68. The maximum absolute atomic E-state index is 14.4. The van der Waals surface area contributed by atoms with Gasteiger partial charge in [-0.3, -0.25) is 4.98 Å². The molecule has 7 heteroatoms. The summed E-state index contributed by atoms with van der Waals surface area (Å²) in [6.45, 7) is 2.42. The number of urea groups is 1. The van der Waals surface area contributed by atoms with Crippen LogP contribution >= 0.6 is 0 Å². The SMILES string of the molecule is Cc1cccc(NC(=O)N2CC=C(c3ncc(CC(O)CO)cc3F)CC2)c1. The van der Waals surface area contributed by atoms with E-state index in [2.05, 4.69) is 10.3 Å². The first-order valence-corrected chi connectivity index (χ1v) is 9.21. The van der Waals surface area contributed by atoms with Crippen LogP contribution in [0.2, 0.25) is 0 Å². The second-order valence-corrected chi connectivity index (χ2v) is 6.94. The fraction of sp³-hybridized carbons (Fsp3) is 0.333. The number of aryl methyl sites for hydroxylation is 1. The zero-order valence-electron chi connectivity index (χ0n) is 15.7. The molecule has 1 unspecified atom stereocenters. The summed E-state index contributed by atoms with van der Waals surface area (Å²) >= 11 is 0. The van der Waals surface area contributed by atoms with Crippen LogP contribution in [0.5, 0.6) is 0 Å². The summed E-state index contributed by atoms with van der Waals surface area (Å²) in [6.07, 6.45) is 3.04. The molecule has 2 amide bonds. The maximum atomic E-state index is 14.4. The Labute approximate surface area is 163 Å². The smallest absolute Gasteiger partial charge is 0.322 e. The number of benzene rings is 1. The van der Waals surface area contributed by atoms with Gasteiger partial charge >= 0.3 is 6.03 Å². The van der Waals surface area contributed by atoms with E-state index in [0.29, 0.717) is 25.1 Å². The Morgan fingerprint density at radius 1 is 1.39 bits per heavy atom. The lowest BCUT2D eigenvalue weighted by Gasteiger charge is -2.26. The van der Waals surface area contributed by atoms with Crippen molar-refractivity contribution in [2.24, 2.45) is 0 Å². The van der Waals surface area contributed by atoms with Crippen molar-refractivity contribution in [2.75, 3.05) is 25.0 Å². The van der Waals surface area contributed by atoms with Gasteiger partial charge in [-0.25, -0.2) is 9.18 Å². The van der Waals surface area contributed by atoms with Gasteiger partial charge in [0.25, 0.3) is 0 Å². The summed E-state index contributed by atoms with van der Waals surface area (Å²) in [4.78, 5) is 18.3. The van der Waals surface area contributed by atoms with E-state index in [1.165, 1.54) is 12.3 Å². The van der Waals surface area contributed by atoms with Crippen molar-refractivity contribution in [3.05, 3.63) is 65.2 Å². The Kier molecular flexibility index (Phi) is 6.38. The van der Waals surface area contributed by atoms with Crippen molar-refractivity contribution in [1.29, 1.82) is 0 Å². The van der Waals surface area contributed by atoms with E-state index in [1.807, 2.05) is 37.3 Å². The Morgan fingerprint density at radius 2 is 2.21 bits per heavy atom. The fourth-order valence-corrected chi connectivity index (χ4v) is 3.16. The number of rotatable bonds is 5. The van der Waals surface area contributed by atoms with Crippen molar-refractivity contribution in [3.8, 4) is 0 Å². The zero-order chi connectivity index (χ0) is 20.1. The monoisotopic (exact) mass is 385 g/mol. The summed E-state index contributed by atoms with van der Waals surface area (Å²) < 4.78 is 14.4. The number of carbonyl (C=O) groups is 1. The molecular formula is C21H24FN3O3. The first kappa shape index (κ1) is 20.0. The Morgan fingerprint density at radius 3 is 2.86 bits per heavy atom. The minimum absolute atomic E-state index is 0.145. The van der Waals surface area contributed by atoms with Crippen LogP contribution in [0.4, 0.5) is 14.9 Å². The molecule has 148 valence electrons. The lowest BCUT2D eigenvalue weighted by Crippen LogP contribution is -2.38. The standard InChI is InChI=1S/C21H24FN3O3/c1-14-3-2-4-17(9-14)24-21(28)25-7-5-16(6-8-25)20-19(22)11-15(12-23-20)10-18(27)13-26/h2-5,9,11-12,18,26-27H,6-8,10,13H2,1H3,(H,24,28). The summed E-state index contributed by atoms with van der Waals surface area (Å²) in [5.74, 6) is -0.466. The van der Waals surface area contributed by atoms with Gasteiger partial charge in [0, 0.05) is 31.4 Å². The van der Waals surface area contributed by atoms with Crippen LogP contribution in [0.1, 0.15) is 23.2 Å². The first-order chi connectivity index (χ1) is 13.5. The average molecular weight is 385 g/mol. The highest BCUT2D eigenvalue weighted by Gasteiger charge is 2.20. The van der Waals surface area contributed by atoms with Crippen LogP contribution in [0.15, 0.2) is 42.6 Å². The number of pyridine rings is 1. The highest BCUT2D eigenvalue weighted by molar-refractivity contribution is 5.90. The van der Waals surface area contributed by atoms with Crippen LogP contribution in [0.3, 0.4) is 0 Å². The number of anilines is 1. The summed E-state index contributed by atoms with van der Waals surface area (Å²) in [5, 5.41) is 21.2. The Hall–Kier alpha value is -2.77. The molecule has 0 bridgehead atoms. The van der Waals surface area contributed by atoms with Gasteiger partial charge in [0.05, 0.1) is 12.7 Å². The summed E-state index contributed by atoms with van der Waals surface area (Å²) in [5.41, 5.74) is 3.36. The number of aromatic nitrogens is 1. The molecule has 6 nitrogen and oxygen atoms in total. The minimum Gasteiger partial charge on any atom is -0.394 e. The molecule has 0 spiro atoms. The van der Waals surface area contributed by atoms with Crippen LogP contribution in [-0.4, -0.2) is 51.9 Å². The van der Waals surface area contributed by atoms with Gasteiger partial charge in [0.15, 0.2) is 0 Å². The molecule has 0 saturated heterocycles. The van der Waals surface area contributed by atoms with E-state index in [9.17, 15) is 14.3 Å². The first-order valence-electron chi connectivity index (χ1n) is 9.21. The van der Waals surface area contributed by atoms with Crippen LogP contribution in [0, 0.1) is 12.7 Å². The van der Waals surface area contributed by atoms with E-state index >= 15 is 0 Å². The van der Waals surface area contributed by atoms with E-state index in [4.69, 9.17) is 5.11 Å². The topological polar surface area (TPSA) is 85.7 Å². The van der Waals surface area contributed by atoms with Gasteiger partial charge in [-0.2, -0.15) is 0 Å². The quantitative estimate of drug-likeness (QED) is 0.739. The zero-order valence-corrected chi connectivity index (χ0v) is 15.7. The molecular weight excluding hydrogens is 361 g/mol. The van der Waals surface area contributed by atoms with E-state index < -0.39 is 11.9 Å². The van der Waals surface area contributed by atoms with Gasteiger partial charge in [-0.1, -0.05) is 18.2 Å². The molecule has 3 N–H and O–H groups in total. The lowest BCUT2D eigenvalue weighted by atomic mass is 10.0. The summed E-state index contributed by atoms with van der Waals surface area (Å²) in [6, 6.07) is 8.73. The van der Waals surface area contributed by atoms with Crippen molar-refractivity contribution in [2.45, 2.75) is 25.9 Å². The number of aliphatic hydroxyl groups excluding tert-OH is 2. The largest absolute Gasteiger partial charge is 0.394 e. The predicted octanol–water partition coefficient (Wildman–Crippen LogP) is 2.75. The van der Waals surface area contributed by atoms with Crippen LogP contribution in [0.25, 0.3) is 5.57 Å². The van der Waals surface area contributed by atoms with E-state index in [-0.39, 0.29) is 24.8 Å². The second-order valence-electron chi connectivity index (χ2n) is 6.94. The molecule has 0 radical (unpaired) electrons. The normalized spacial score (nSPS) is 15.1. The molecule has 28 heavy (non-hydrogen) atoms. The summed E-state index contributed by atoms with van der Waals surface area (Å²) in [7, 11) is 0. The van der Waals surface area contributed by atoms with Crippen molar-refractivity contribution >= 4 is 17.3 Å². The lowest BCUT2D eigenvalue weighted by molar-refractivity contribution is 0.0954. The molecule has 1 aromatic carbocycles. The van der Waals surface area contributed by atoms with Gasteiger partial charge in [-0.15, -0.1) is 0 Å². The molecule has 1 aliphatic heterocycles. The predicted molar refractivity (Wildman–Crippen MR) is 105 cm³/mol. The third kappa shape index (κ3) is 4.94. The number of nitrogens with one attached hydrogen (secondary N) is 1. The van der Waals surface area contributed by atoms with Gasteiger partial charge in [0.1, 0.15) is 11.5 Å². The molecule has 3 rings (SSSR count). The highest BCUT2D eigenvalue weighted by Crippen LogP contribution is 2.24. The molecule has 0 saturated carbocycles. The maximum Gasteiger partial charge on any atom is 0.322 e. The fourth-order valence-electron chi connectivity index (χ4n) is 3.16. The number of aliphatic hydroxyl groups is 2. The molecule has 1 aliphatic rings. The number of halogens is 1. The van der Waals surface area contributed by atoms with Crippen molar-refractivity contribution < 1.29 is 19.4 Å². The van der Waals surface area contributed by atoms with Crippen LogP contribution in [-0.2, 0) is 6.42 Å². The number of amides is 2. The molecule has 2 heterocycles. The Bertz CT molecular complexity index is 885. The van der Waals surface area contributed by atoms with Crippen LogP contribution < -0.4 is 5.32 Å². The van der Waals surface area contributed by atoms with Crippen molar-refractivity contribution in [1.82, 2.24) is 9.88 Å².